The number of aliphatic hydroxyl groups is 1. The first kappa shape index (κ1) is 17.7. The summed E-state index contributed by atoms with van der Waals surface area (Å²) in [5.41, 5.74) is 5.72. The van der Waals surface area contributed by atoms with Gasteiger partial charge in [-0.1, -0.05) is 36.4 Å². The fourth-order valence-electron chi connectivity index (χ4n) is 3.66. The van der Waals surface area contributed by atoms with Crippen LogP contribution >= 0.6 is 0 Å². The highest BCUT2D eigenvalue weighted by Gasteiger charge is 2.18. The second-order valence-corrected chi connectivity index (χ2v) is 7.01. The van der Waals surface area contributed by atoms with Gasteiger partial charge >= 0.3 is 0 Å². The summed E-state index contributed by atoms with van der Waals surface area (Å²) in [5.74, 6) is -1.14. The van der Waals surface area contributed by atoms with Gasteiger partial charge in [0, 0.05) is 30.3 Å². The van der Waals surface area contributed by atoms with Crippen LogP contribution in [0.25, 0.3) is 11.1 Å². The van der Waals surface area contributed by atoms with Crippen molar-refractivity contribution in [2.75, 3.05) is 5.32 Å². The van der Waals surface area contributed by atoms with Gasteiger partial charge < -0.3 is 10.4 Å². The highest BCUT2D eigenvalue weighted by molar-refractivity contribution is 5.64. The van der Waals surface area contributed by atoms with Crippen molar-refractivity contribution in [3.63, 3.8) is 0 Å². The number of aryl methyl sites for hydroxylation is 1. The van der Waals surface area contributed by atoms with Gasteiger partial charge in [0.1, 0.15) is 11.6 Å². The quantitative estimate of drug-likeness (QED) is 0.675. The smallest absolute Gasteiger partial charge is 0.133 e. The lowest BCUT2D eigenvalue weighted by atomic mass is 9.88. The number of halogens is 2. The van der Waals surface area contributed by atoms with Crippen LogP contribution in [-0.4, -0.2) is 11.2 Å². The zero-order chi connectivity index (χ0) is 18.8. The van der Waals surface area contributed by atoms with Crippen LogP contribution < -0.4 is 5.32 Å². The van der Waals surface area contributed by atoms with E-state index in [2.05, 4.69) is 11.4 Å². The van der Waals surface area contributed by atoms with Gasteiger partial charge in [0.15, 0.2) is 0 Å². The summed E-state index contributed by atoms with van der Waals surface area (Å²) in [6, 6.07) is 17.4. The number of aliphatic hydroxyl groups excluding tert-OH is 1. The summed E-state index contributed by atoms with van der Waals surface area (Å²) >= 11 is 0. The molecule has 0 amide bonds. The highest BCUT2D eigenvalue weighted by Crippen LogP contribution is 2.29. The topological polar surface area (TPSA) is 32.3 Å². The Morgan fingerprint density at radius 1 is 1.00 bits per heavy atom. The van der Waals surface area contributed by atoms with Crippen molar-refractivity contribution in [2.24, 2.45) is 0 Å². The molecule has 0 aliphatic heterocycles. The molecule has 0 spiro atoms. The molecule has 0 fully saturated rings. The molecule has 1 atom stereocenters. The van der Waals surface area contributed by atoms with E-state index in [-0.39, 0.29) is 6.10 Å². The summed E-state index contributed by atoms with van der Waals surface area (Å²) in [7, 11) is 0. The number of hydrogen-bond acceptors (Lipinski definition) is 2. The zero-order valence-corrected chi connectivity index (χ0v) is 14.9. The number of benzene rings is 3. The Hall–Kier alpha value is -2.72. The number of fused-ring (bicyclic) bond motifs is 1. The van der Waals surface area contributed by atoms with Crippen molar-refractivity contribution in [3.8, 4) is 11.1 Å². The first-order valence-electron chi connectivity index (χ1n) is 9.17. The van der Waals surface area contributed by atoms with E-state index in [4.69, 9.17) is 0 Å². The van der Waals surface area contributed by atoms with Crippen molar-refractivity contribution in [1.29, 1.82) is 0 Å². The third kappa shape index (κ3) is 3.86. The van der Waals surface area contributed by atoms with Gasteiger partial charge in [0.2, 0.25) is 0 Å². The predicted molar refractivity (Wildman–Crippen MR) is 104 cm³/mol. The summed E-state index contributed by atoms with van der Waals surface area (Å²) < 4.78 is 27.0. The molecule has 3 aromatic rings. The molecule has 3 aromatic carbocycles. The molecule has 27 heavy (non-hydrogen) atoms. The van der Waals surface area contributed by atoms with E-state index in [1.54, 1.807) is 0 Å². The van der Waals surface area contributed by atoms with Crippen LogP contribution in [-0.2, 0) is 19.4 Å². The average molecular weight is 365 g/mol. The first-order chi connectivity index (χ1) is 13.1. The van der Waals surface area contributed by atoms with Crippen LogP contribution in [0.15, 0.2) is 60.7 Å². The third-order valence-electron chi connectivity index (χ3n) is 5.14. The fourth-order valence-corrected chi connectivity index (χ4v) is 3.66. The second-order valence-electron chi connectivity index (χ2n) is 7.01. The minimum Gasteiger partial charge on any atom is -0.393 e. The Morgan fingerprint density at radius 2 is 1.81 bits per heavy atom. The van der Waals surface area contributed by atoms with Crippen molar-refractivity contribution in [2.45, 2.75) is 31.9 Å². The molecular formula is C23H21F2NO. The summed E-state index contributed by atoms with van der Waals surface area (Å²) in [4.78, 5) is 0. The average Bonchev–Trinajstić information content (AvgIpc) is 2.67. The van der Waals surface area contributed by atoms with Gasteiger partial charge in [-0.25, -0.2) is 8.78 Å². The molecule has 1 aliphatic carbocycles. The highest BCUT2D eigenvalue weighted by atomic mass is 19.1. The molecule has 0 bridgehead atoms. The van der Waals surface area contributed by atoms with E-state index in [9.17, 15) is 13.9 Å². The van der Waals surface area contributed by atoms with Gasteiger partial charge in [-0.3, -0.25) is 0 Å². The van der Waals surface area contributed by atoms with E-state index in [0.29, 0.717) is 18.5 Å². The SMILES string of the molecule is OC1CCc2cccc(NCc3ccc(-c4ccc(F)cc4F)cc3)c2C1. The predicted octanol–water partition coefficient (Wildman–Crippen LogP) is 5.09. The molecule has 1 unspecified atom stereocenters. The molecule has 0 radical (unpaired) electrons. The second kappa shape index (κ2) is 7.49. The van der Waals surface area contributed by atoms with Crippen molar-refractivity contribution >= 4 is 5.69 Å². The fraction of sp³-hybridized carbons (Fsp3) is 0.217. The Bertz CT molecular complexity index is 953. The number of anilines is 1. The molecule has 4 rings (SSSR count). The zero-order valence-electron chi connectivity index (χ0n) is 14.9. The van der Waals surface area contributed by atoms with Crippen LogP contribution in [0.3, 0.4) is 0 Å². The molecule has 2 nitrogen and oxygen atoms in total. The Balaban J connectivity index is 1.48. The number of rotatable bonds is 4. The first-order valence-corrected chi connectivity index (χ1v) is 9.17. The van der Waals surface area contributed by atoms with Crippen molar-refractivity contribution in [1.82, 2.24) is 0 Å². The molecule has 0 heterocycles. The van der Waals surface area contributed by atoms with E-state index in [0.717, 1.165) is 35.7 Å². The van der Waals surface area contributed by atoms with Crippen LogP contribution in [0.5, 0.6) is 0 Å². The summed E-state index contributed by atoms with van der Waals surface area (Å²) in [5, 5.41) is 13.4. The maximum absolute atomic E-state index is 13.9. The van der Waals surface area contributed by atoms with Crippen LogP contribution in [0, 0.1) is 11.6 Å². The van der Waals surface area contributed by atoms with E-state index in [1.807, 2.05) is 36.4 Å². The molecule has 0 saturated carbocycles. The van der Waals surface area contributed by atoms with E-state index >= 15 is 0 Å². The summed E-state index contributed by atoms with van der Waals surface area (Å²) in [6.45, 7) is 0.638. The van der Waals surface area contributed by atoms with Crippen molar-refractivity contribution in [3.05, 3.63) is 89.0 Å². The summed E-state index contributed by atoms with van der Waals surface area (Å²) in [6.07, 6.45) is 2.13. The Kier molecular flexibility index (Phi) is 4.90. The monoisotopic (exact) mass is 365 g/mol. The Morgan fingerprint density at radius 3 is 2.59 bits per heavy atom. The minimum absolute atomic E-state index is 0.273. The lowest BCUT2D eigenvalue weighted by Gasteiger charge is -2.23. The van der Waals surface area contributed by atoms with Crippen LogP contribution in [0.2, 0.25) is 0 Å². The van der Waals surface area contributed by atoms with E-state index in [1.165, 1.54) is 23.3 Å². The van der Waals surface area contributed by atoms with Crippen LogP contribution in [0.1, 0.15) is 23.1 Å². The molecule has 1 aliphatic rings. The lowest BCUT2D eigenvalue weighted by Crippen LogP contribution is -2.20. The standard InChI is InChI=1S/C23H21F2NO/c24-18-9-11-20(22(25)12-18)17-6-4-15(5-7-17)14-26-23-3-1-2-16-8-10-19(27)13-21(16)23/h1-7,9,11-12,19,26-27H,8,10,13-14H2. The molecule has 0 saturated heterocycles. The van der Waals surface area contributed by atoms with Crippen LogP contribution in [0.4, 0.5) is 14.5 Å². The maximum atomic E-state index is 13.9. The van der Waals surface area contributed by atoms with E-state index < -0.39 is 11.6 Å². The van der Waals surface area contributed by atoms with Gasteiger partial charge in [0.25, 0.3) is 0 Å². The van der Waals surface area contributed by atoms with Gasteiger partial charge in [-0.2, -0.15) is 0 Å². The molecular weight excluding hydrogens is 344 g/mol. The van der Waals surface area contributed by atoms with Gasteiger partial charge in [-0.15, -0.1) is 0 Å². The lowest BCUT2D eigenvalue weighted by molar-refractivity contribution is 0.159. The molecule has 4 heteroatoms. The molecule has 138 valence electrons. The third-order valence-corrected chi connectivity index (χ3v) is 5.14. The van der Waals surface area contributed by atoms with Gasteiger partial charge in [-0.05, 0) is 53.3 Å². The van der Waals surface area contributed by atoms with Crippen molar-refractivity contribution < 1.29 is 13.9 Å². The number of hydrogen-bond donors (Lipinski definition) is 2. The Labute approximate surface area is 157 Å². The normalized spacial score (nSPS) is 16.0. The largest absolute Gasteiger partial charge is 0.393 e. The maximum Gasteiger partial charge on any atom is 0.133 e. The minimum atomic E-state index is -0.576. The molecule has 2 N–H and O–H groups in total. The van der Waals surface area contributed by atoms with Gasteiger partial charge in [0.05, 0.1) is 6.10 Å². The molecule has 0 aromatic heterocycles. The number of nitrogens with one attached hydrogen (secondary N) is 1.